The fourth-order valence-electron chi connectivity index (χ4n) is 12.5. The van der Waals surface area contributed by atoms with Crippen molar-refractivity contribution in [3.63, 3.8) is 0 Å². The number of hydrogen-bond donors (Lipinski definition) is 0. The monoisotopic (exact) mass is 921 g/mol. The summed E-state index contributed by atoms with van der Waals surface area (Å²) in [6.07, 6.45) is 3.96. The smallest absolute Gasteiger partial charge is 0.0939 e. The van der Waals surface area contributed by atoms with Crippen molar-refractivity contribution in [3.8, 4) is 39.6 Å². The summed E-state index contributed by atoms with van der Waals surface area (Å²) >= 11 is 1.86. The van der Waals surface area contributed by atoms with Gasteiger partial charge in [-0.05, 0) is 125 Å². The molecular weight excluding hydrogens is 883 g/mol. The van der Waals surface area contributed by atoms with E-state index in [1.54, 1.807) is 0 Å². The van der Waals surface area contributed by atoms with Crippen LogP contribution in [0.2, 0.25) is 0 Å². The quantitative estimate of drug-likeness (QED) is 0.177. The summed E-state index contributed by atoms with van der Waals surface area (Å²) in [6, 6.07) is 82.6. The van der Waals surface area contributed by atoms with Gasteiger partial charge in [0, 0.05) is 65.2 Å². The van der Waals surface area contributed by atoms with E-state index in [0.29, 0.717) is 0 Å². The minimum atomic E-state index is -0.667. The largest absolute Gasteiger partial charge is 0.309 e. The van der Waals surface area contributed by atoms with Crippen LogP contribution in [0.25, 0.3) is 105 Å². The van der Waals surface area contributed by atoms with Crippen molar-refractivity contribution in [2.75, 3.05) is 0 Å². The number of pyridine rings is 2. The van der Waals surface area contributed by atoms with Gasteiger partial charge in [-0.1, -0.05) is 139 Å². The molecule has 5 aromatic heterocycles. The van der Waals surface area contributed by atoms with Gasteiger partial charge in [0.1, 0.15) is 0 Å². The highest BCUT2D eigenvalue weighted by molar-refractivity contribution is 7.99. The first-order chi connectivity index (χ1) is 35.2. The van der Waals surface area contributed by atoms with E-state index in [4.69, 9.17) is 9.97 Å². The number of benzene rings is 9. The predicted octanol–water partition coefficient (Wildman–Crippen LogP) is 16.3. The molecule has 0 unspecified atom stereocenters. The van der Waals surface area contributed by atoms with Gasteiger partial charge in [-0.25, -0.2) is 0 Å². The normalized spacial score (nSPS) is 14.8. The summed E-state index contributed by atoms with van der Waals surface area (Å²) in [5, 5.41) is 7.43. The van der Waals surface area contributed by atoms with Crippen LogP contribution in [0.15, 0.2) is 247 Å². The fraction of sp³-hybridized carbons (Fsp3) is 0.0154. The molecule has 6 heterocycles. The zero-order valence-corrected chi connectivity index (χ0v) is 39.0. The molecule has 5 nitrogen and oxygen atoms in total. The van der Waals surface area contributed by atoms with E-state index in [2.05, 4.69) is 238 Å². The molecule has 0 amide bonds. The number of para-hydroxylation sites is 5. The molecule has 6 heteroatoms. The number of aromatic nitrogens is 5. The van der Waals surface area contributed by atoms with Crippen molar-refractivity contribution in [2.24, 2.45) is 0 Å². The second-order valence-corrected chi connectivity index (χ2v) is 20.0. The third kappa shape index (κ3) is 5.26. The van der Waals surface area contributed by atoms with Gasteiger partial charge in [-0.2, -0.15) is 0 Å². The first-order valence-corrected chi connectivity index (χ1v) is 25.0. The van der Waals surface area contributed by atoms with Crippen LogP contribution in [0.1, 0.15) is 22.3 Å². The molecule has 0 N–H and O–H groups in total. The van der Waals surface area contributed by atoms with Gasteiger partial charge in [0.15, 0.2) is 0 Å². The van der Waals surface area contributed by atoms with Crippen LogP contribution in [0.4, 0.5) is 0 Å². The van der Waals surface area contributed by atoms with Crippen LogP contribution in [-0.4, -0.2) is 23.7 Å². The molecule has 330 valence electrons. The average molecular weight is 922 g/mol. The third-order valence-corrected chi connectivity index (χ3v) is 16.6. The lowest BCUT2D eigenvalue weighted by Gasteiger charge is -2.39. The van der Waals surface area contributed by atoms with Crippen molar-refractivity contribution < 1.29 is 0 Å². The summed E-state index contributed by atoms with van der Waals surface area (Å²) in [5.74, 6) is 0. The van der Waals surface area contributed by atoms with E-state index in [1.165, 1.54) is 86.4 Å². The van der Waals surface area contributed by atoms with Gasteiger partial charge in [-0.15, -0.1) is 0 Å². The Hall–Kier alpha value is -8.97. The van der Waals surface area contributed by atoms with Gasteiger partial charge in [0.25, 0.3) is 0 Å². The van der Waals surface area contributed by atoms with Gasteiger partial charge in [-0.3, -0.25) is 9.97 Å². The molecule has 0 saturated heterocycles. The Morgan fingerprint density at radius 1 is 0.310 bits per heavy atom. The number of nitrogens with zero attached hydrogens (tertiary/aromatic N) is 5. The molecule has 71 heavy (non-hydrogen) atoms. The highest BCUT2D eigenvalue weighted by Crippen LogP contribution is 2.62. The molecule has 2 aliphatic rings. The number of rotatable bonds is 4. The maximum Gasteiger partial charge on any atom is 0.0939 e. The highest BCUT2D eigenvalue weighted by Gasteiger charge is 2.52. The van der Waals surface area contributed by atoms with Gasteiger partial charge < -0.3 is 13.7 Å². The molecule has 0 bridgehead atoms. The van der Waals surface area contributed by atoms with Crippen molar-refractivity contribution in [2.45, 2.75) is 15.2 Å². The number of hydrogen-bond acceptors (Lipinski definition) is 3. The second-order valence-electron chi connectivity index (χ2n) is 18.9. The lowest BCUT2D eigenvalue weighted by molar-refractivity contribution is 0.719. The van der Waals surface area contributed by atoms with Crippen molar-refractivity contribution >= 4 is 77.2 Å². The van der Waals surface area contributed by atoms with Crippen LogP contribution >= 0.6 is 11.8 Å². The topological polar surface area (TPSA) is 40.6 Å². The summed E-state index contributed by atoms with van der Waals surface area (Å²) in [5.41, 5.74) is 18.8. The Kier molecular flexibility index (Phi) is 7.97. The zero-order chi connectivity index (χ0) is 46.4. The van der Waals surface area contributed by atoms with Crippen LogP contribution in [0, 0.1) is 0 Å². The van der Waals surface area contributed by atoms with Crippen molar-refractivity contribution in [1.82, 2.24) is 23.7 Å². The molecule has 14 aromatic rings. The fourth-order valence-corrected chi connectivity index (χ4v) is 13.6. The van der Waals surface area contributed by atoms with Crippen LogP contribution in [0.3, 0.4) is 0 Å². The van der Waals surface area contributed by atoms with Crippen LogP contribution in [0.5, 0.6) is 0 Å². The summed E-state index contributed by atoms with van der Waals surface area (Å²) in [7, 11) is 0. The van der Waals surface area contributed by atoms with Crippen LogP contribution in [-0.2, 0) is 5.41 Å². The molecular formula is C65H39N5S. The molecule has 1 aliphatic carbocycles. The van der Waals surface area contributed by atoms with E-state index < -0.39 is 5.41 Å². The SMILES string of the molecule is c1ccc2c(c1)Sc1ccc(-c3ccc4c(c3)c3ccccc3n4-c3ccc(-n4c5ccccc5c5ccccc54)cc3)cc1[C@]21c2cccnc2-c2ncc(-n3c4ccccc4c4ccccc43)cc21. The van der Waals surface area contributed by atoms with Crippen molar-refractivity contribution in [1.29, 1.82) is 0 Å². The van der Waals surface area contributed by atoms with Gasteiger partial charge in [0.2, 0.25) is 0 Å². The molecule has 0 saturated carbocycles. The Labute approximate surface area is 412 Å². The zero-order valence-electron chi connectivity index (χ0n) is 38.2. The van der Waals surface area contributed by atoms with E-state index in [9.17, 15) is 0 Å². The summed E-state index contributed by atoms with van der Waals surface area (Å²) in [4.78, 5) is 13.0. The lowest BCUT2D eigenvalue weighted by Crippen LogP contribution is -2.32. The van der Waals surface area contributed by atoms with Crippen molar-refractivity contribution in [3.05, 3.63) is 259 Å². The first kappa shape index (κ1) is 38.9. The molecule has 1 atom stereocenters. The Bertz CT molecular complexity index is 4470. The molecule has 0 fully saturated rings. The van der Waals surface area contributed by atoms with E-state index >= 15 is 0 Å². The summed E-state index contributed by atoms with van der Waals surface area (Å²) in [6.45, 7) is 0. The predicted molar refractivity (Wildman–Crippen MR) is 292 cm³/mol. The maximum atomic E-state index is 5.38. The Morgan fingerprint density at radius 3 is 1.37 bits per heavy atom. The molecule has 0 radical (unpaired) electrons. The first-order valence-electron chi connectivity index (χ1n) is 24.2. The minimum Gasteiger partial charge on any atom is -0.309 e. The summed E-state index contributed by atoms with van der Waals surface area (Å²) < 4.78 is 7.18. The average Bonchev–Trinajstić information content (AvgIpc) is 4.15. The lowest BCUT2D eigenvalue weighted by atomic mass is 9.67. The minimum absolute atomic E-state index is 0.667. The molecule has 1 aliphatic heterocycles. The van der Waals surface area contributed by atoms with E-state index in [1.807, 2.05) is 24.2 Å². The van der Waals surface area contributed by atoms with Gasteiger partial charge in [0.05, 0.1) is 61.8 Å². The van der Waals surface area contributed by atoms with E-state index in [-0.39, 0.29) is 0 Å². The molecule has 1 spiro atoms. The molecule has 9 aromatic carbocycles. The molecule has 16 rings (SSSR count). The van der Waals surface area contributed by atoms with E-state index in [0.717, 1.165) is 50.6 Å². The Morgan fingerprint density at radius 2 is 0.761 bits per heavy atom. The third-order valence-electron chi connectivity index (χ3n) is 15.4. The van der Waals surface area contributed by atoms with Crippen LogP contribution < -0.4 is 0 Å². The number of fused-ring (bicyclic) bond motifs is 18. The maximum absolute atomic E-state index is 5.38. The standard InChI is InChI=1S/C65H39N5S/c1-7-21-55-45(14-1)46-15-2-8-22-56(46)68(55)42-29-31-43(32-30-42)69-59-25-11-5-18-49(59)50-36-40(27-33-60(50)69)41-28-34-62-53(37-41)65(51-19-6-12-26-61(51)71-62)52-20-13-35-66-63(52)64-54(65)38-44(39-67-64)70-57-23-9-3-16-47(57)48-17-4-10-24-58(48)70/h1-39H/t65-/m1/s1. The highest BCUT2D eigenvalue weighted by atomic mass is 32.2. The second kappa shape index (κ2) is 14.5. The van der Waals surface area contributed by atoms with Gasteiger partial charge >= 0.3 is 0 Å². The Balaban J connectivity index is 0.872.